The van der Waals surface area contributed by atoms with Gasteiger partial charge in [0.15, 0.2) is 16.7 Å². The van der Waals surface area contributed by atoms with Gasteiger partial charge in [0, 0.05) is 30.5 Å². The van der Waals surface area contributed by atoms with Crippen molar-refractivity contribution in [1.29, 1.82) is 0 Å². The van der Waals surface area contributed by atoms with E-state index < -0.39 is 0 Å². The van der Waals surface area contributed by atoms with Gasteiger partial charge in [-0.15, -0.1) is 11.8 Å². The molecule has 1 aromatic heterocycles. The number of carbonyl (C=O) groups excluding carboxylic acids is 1. The third-order valence-corrected chi connectivity index (χ3v) is 6.66. The fourth-order valence-electron chi connectivity index (χ4n) is 3.12. The van der Waals surface area contributed by atoms with E-state index in [9.17, 15) is 9.59 Å². The van der Waals surface area contributed by atoms with Crippen LogP contribution in [0.25, 0.3) is 0 Å². The van der Waals surface area contributed by atoms with Crippen molar-refractivity contribution in [3.05, 3.63) is 34.2 Å². The first kappa shape index (κ1) is 20.1. The van der Waals surface area contributed by atoms with Crippen LogP contribution in [0.15, 0.2) is 33.0 Å². The van der Waals surface area contributed by atoms with Crippen molar-refractivity contribution in [3.63, 3.8) is 0 Å². The molecule has 2 aliphatic heterocycles. The molecular weight excluding hydrogens is 414 g/mol. The van der Waals surface area contributed by atoms with E-state index in [2.05, 4.69) is 17.2 Å². The molecule has 0 aliphatic carbocycles. The minimum Gasteiger partial charge on any atom is -0.454 e. The Morgan fingerprint density at radius 2 is 2.24 bits per heavy atom. The van der Waals surface area contributed by atoms with Gasteiger partial charge in [0.1, 0.15) is 0 Å². The average molecular weight is 436 g/mol. The molecule has 0 saturated heterocycles. The number of methoxy groups -OCH3 is 1. The highest BCUT2D eigenvalue weighted by Crippen LogP contribution is 2.35. The van der Waals surface area contributed by atoms with Crippen molar-refractivity contribution in [3.8, 4) is 11.5 Å². The molecule has 4 rings (SSSR count). The van der Waals surface area contributed by atoms with Gasteiger partial charge >= 0.3 is 0 Å². The van der Waals surface area contributed by atoms with E-state index in [1.54, 1.807) is 41.6 Å². The number of carbonyl (C=O) groups is 1. The smallest absolute Gasteiger partial charge is 0.268 e. The number of hydrogen-bond donors (Lipinski definition) is 1. The maximum absolute atomic E-state index is 12.9. The van der Waals surface area contributed by atoms with E-state index in [1.807, 2.05) is 0 Å². The number of fused-ring (bicyclic) bond motifs is 2. The maximum atomic E-state index is 12.9. The largest absolute Gasteiger partial charge is 0.454 e. The number of amides is 1. The molecule has 0 bridgehead atoms. The zero-order chi connectivity index (χ0) is 20.4. The topological polar surface area (TPSA) is 91.7 Å². The number of anilines is 1. The summed E-state index contributed by atoms with van der Waals surface area (Å²) in [6.45, 7) is 3.06. The third kappa shape index (κ3) is 4.39. The first-order chi connectivity index (χ1) is 14.0. The molecule has 2 aromatic rings. The summed E-state index contributed by atoms with van der Waals surface area (Å²) < 4.78 is 17.3. The van der Waals surface area contributed by atoms with E-state index in [-0.39, 0.29) is 24.0 Å². The van der Waals surface area contributed by atoms with Gasteiger partial charge in [-0.05, 0) is 12.1 Å². The molecule has 8 nitrogen and oxygen atoms in total. The molecule has 154 valence electrons. The molecule has 1 aromatic carbocycles. The molecule has 10 heteroatoms. The van der Waals surface area contributed by atoms with Crippen LogP contribution >= 0.6 is 23.5 Å². The number of benzene rings is 1. The van der Waals surface area contributed by atoms with Crippen LogP contribution in [0, 0.1) is 0 Å². The number of thioether (sulfide) groups is 2. The monoisotopic (exact) mass is 435 g/mol. The second-order valence-corrected chi connectivity index (χ2v) is 9.05. The number of hydrogen-bond acceptors (Lipinski definition) is 8. The predicted octanol–water partition coefficient (Wildman–Crippen LogP) is 2.39. The second kappa shape index (κ2) is 8.68. The molecule has 1 unspecified atom stereocenters. The summed E-state index contributed by atoms with van der Waals surface area (Å²) in [5, 5.41) is 3.71. The van der Waals surface area contributed by atoms with Gasteiger partial charge in [0.2, 0.25) is 12.7 Å². The van der Waals surface area contributed by atoms with Crippen LogP contribution in [-0.4, -0.2) is 47.0 Å². The Morgan fingerprint density at radius 3 is 3.07 bits per heavy atom. The quantitative estimate of drug-likeness (QED) is 0.524. The highest BCUT2D eigenvalue weighted by molar-refractivity contribution is 8.00. The van der Waals surface area contributed by atoms with Gasteiger partial charge in [-0.3, -0.25) is 14.2 Å². The van der Waals surface area contributed by atoms with E-state index in [1.165, 1.54) is 11.8 Å². The Hall–Kier alpha value is -2.17. The zero-order valence-electron chi connectivity index (χ0n) is 16.1. The SMILES string of the molecule is COCCn1c(SCC(=O)Nc2ccc3c(c2)OCO3)nc2c(c1=O)SC(C)C2. The van der Waals surface area contributed by atoms with Crippen molar-refractivity contribution in [2.75, 3.05) is 31.6 Å². The number of aromatic nitrogens is 2. The normalized spacial score (nSPS) is 16.7. The fourth-order valence-corrected chi connectivity index (χ4v) is 5.08. The Kier molecular flexibility index (Phi) is 6.02. The molecule has 0 fully saturated rings. The Bertz CT molecular complexity index is 995. The molecule has 1 amide bonds. The Labute approximate surface area is 176 Å². The van der Waals surface area contributed by atoms with Crippen LogP contribution in [0.4, 0.5) is 5.69 Å². The fraction of sp³-hybridized carbons (Fsp3) is 0.421. The lowest BCUT2D eigenvalue weighted by atomic mass is 10.2. The molecule has 29 heavy (non-hydrogen) atoms. The number of rotatable bonds is 7. The minimum atomic E-state index is -0.190. The summed E-state index contributed by atoms with van der Waals surface area (Å²) in [5.41, 5.74) is 1.39. The van der Waals surface area contributed by atoms with Crippen LogP contribution in [0.1, 0.15) is 12.6 Å². The lowest BCUT2D eigenvalue weighted by Gasteiger charge is -2.13. The first-order valence-electron chi connectivity index (χ1n) is 9.16. The molecule has 0 saturated carbocycles. The molecule has 0 radical (unpaired) electrons. The second-order valence-electron chi connectivity index (χ2n) is 6.66. The molecule has 0 spiro atoms. The summed E-state index contributed by atoms with van der Waals surface area (Å²) in [7, 11) is 1.59. The zero-order valence-corrected chi connectivity index (χ0v) is 17.7. The van der Waals surface area contributed by atoms with Gasteiger partial charge in [0.25, 0.3) is 5.56 Å². The van der Waals surface area contributed by atoms with Gasteiger partial charge < -0.3 is 19.5 Å². The van der Waals surface area contributed by atoms with E-state index >= 15 is 0 Å². The first-order valence-corrected chi connectivity index (χ1v) is 11.0. The van der Waals surface area contributed by atoms with Crippen LogP contribution in [0.2, 0.25) is 0 Å². The number of ether oxygens (including phenoxy) is 3. The van der Waals surface area contributed by atoms with E-state index in [0.29, 0.717) is 45.6 Å². The highest BCUT2D eigenvalue weighted by atomic mass is 32.2. The van der Waals surface area contributed by atoms with Crippen LogP contribution in [-0.2, 0) is 22.5 Å². The summed E-state index contributed by atoms with van der Waals surface area (Å²) in [5.74, 6) is 1.21. The van der Waals surface area contributed by atoms with Gasteiger partial charge in [0.05, 0.1) is 29.5 Å². The summed E-state index contributed by atoms with van der Waals surface area (Å²) in [4.78, 5) is 30.7. The Morgan fingerprint density at radius 1 is 1.41 bits per heavy atom. The summed E-state index contributed by atoms with van der Waals surface area (Å²) >= 11 is 2.81. The molecule has 2 aliphatic rings. The van der Waals surface area contributed by atoms with Crippen molar-refractivity contribution in [2.45, 2.75) is 35.2 Å². The number of nitrogens with one attached hydrogen (secondary N) is 1. The summed E-state index contributed by atoms with van der Waals surface area (Å²) in [6, 6.07) is 5.25. The van der Waals surface area contributed by atoms with Gasteiger partial charge in [-0.2, -0.15) is 0 Å². The van der Waals surface area contributed by atoms with Gasteiger partial charge in [-0.1, -0.05) is 18.7 Å². The molecule has 1 N–H and O–H groups in total. The van der Waals surface area contributed by atoms with Crippen molar-refractivity contribution in [2.24, 2.45) is 0 Å². The van der Waals surface area contributed by atoms with Crippen molar-refractivity contribution in [1.82, 2.24) is 9.55 Å². The maximum Gasteiger partial charge on any atom is 0.268 e. The Balaban J connectivity index is 1.47. The molecular formula is C19H21N3O5S2. The van der Waals surface area contributed by atoms with Crippen molar-refractivity contribution >= 4 is 35.1 Å². The van der Waals surface area contributed by atoms with E-state index in [0.717, 1.165) is 12.1 Å². The summed E-state index contributed by atoms with van der Waals surface area (Å²) in [6.07, 6.45) is 0.761. The van der Waals surface area contributed by atoms with Crippen LogP contribution in [0.3, 0.4) is 0 Å². The minimum absolute atomic E-state index is 0.0555. The molecule has 1 atom stereocenters. The van der Waals surface area contributed by atoms with Crippen LogP contribution < -0.4 is 20.3 Å². The third-order valence-electron chi connectivity index (χ3n) is 4.47. The number of nitrogens with zero attached hydrogens (tertiary/aromatic N) is 2. The average Bonchev–Trinajstić information content (AvgIpc) is 3.31. The lowest BCUT2D eigenvalue weighted by molar-refractivity contribution is -0.113. The van der Waals surface area contributed by atoms with Crippen LogP contribution in [0.5, 0.6) is 11.5 Å². The lowest BCUT2D eigenvalue weighted by Crippen LogP contribution is -2.27. The van der Waals surface area contributed by atoms with E-state index in [4.69, 9.17) is 14.2 Å². The highest BCUT2D eigenvalue weighted by Gasteiger charge is 2.26. The predicted molar refractivity (Wildman–Crippen MR) is 111 cm³/mol. The van der Waals surface area contributed by atoms with Gasteiger partial charge in [-0.25, -0.2) is 4.98 Å². The van der Waals surface area contributed by atoms with Crippen molar-refractivity contribution < 1.29 is 19.0 Å². The standard InChI is InChI=1S/C19H21N3O5S2/c1-11-7-13-17(29-11)18(24)22(5-6-25-2)19(21-13)28-9-16(23)20-12-3-4-14-15(8-12)27-10-26-14/h3-4,8,11H,5-7,9-10H2,1-2H3,(H,20,23). The molecule has 3 heterocycles.